The summed E-state index contributed by atoms with van der Waals surface area (Å²) in [5.41, 5.74) is 0.318. The molecule has 0 aromatic heterocycles. The van der Waals surface area contributed by atoms with Gasteiger partial charge in [-0.05, 0) is 35.9 Å². The first kappa shape index (κ1) is 20.8. The van der Waals surface area contributed by atoms with Crippen molar-refractivity contribution in [1.29, 1.82) is 0 Å². The van der Waals surface area contributed by atoms with Crippen molar-refractivity contribution in [3.05, 3.63) is 64.2 Å². The minimum atomic E-state index is -0.879. The highest BCUT2D eigenvalue weighted by atomic mass is 35.5. The first-order valence-corrected chi connectivity index (χ1v) is 9.68. The van der Waals surface area contributed by atoms with Gasteiger partial charge in [0.15, 0.2) is 17.2 Å². The van der Waals surface area contributed by atoms with E-state index in [2.05, 4.69) is 11.9 Å². The molecule has 10 heteroatoms. The van der Waals surface area contributed by atoms with E-state index in [4.69, 9.17) is 37.4 Å². The zero-order valence-corrected chi connectivity index (χ0v) is 17.3. The molecule has 0 saturated carbocycles. The molecule has 2 heterocycles. The van der Waals surface area contributed by atoms with Crippen molar-refractivity contribution in [2.45, 2.75) is 0 Å². The summed E-state index contributed by atoms with van der Waals surface area (Å²) in [5.74, 6) is -0.530. The molecule has 0 spiro atoms. The summed E-state index contributed by atoms with van der Waals surface area (Å²) < 4.78 is 15.9. The average molecular weight is 461 g/mol. The van der Waals surface area contributed by atoms with Gasteiger partial charge in [0, 0.05) is 6.07 Å². The van der Waals surface area contributed by atoms with Crippen LogP contribution in [0.15, 0.2) is 48.6 Å². The van der Waals surface area contributed by atoms with Gasteiger partial charge in [0.05, 0.1) is 15.7 Å². The van der Waals surface area contributed by atoms with E-state index in [0.29, 0.717) is 17.1 Å². The Hall–Kier alpha value is -3.49. The third-order valence-electron chi connectivity index (χ3n) is 4.39. The minimum Gasteiger partial charge on any atom is -0.486 e. The normalized spacial score (nSPS) is 16.5. The van der Waals surface area contributed by atoms with Gasteiger partial charge in [0.25, 0.3) is 11.8 Å². The maximum Gasteiger partial charge on any atom is 0.335 e. The number of rotatable bonds is 5. The predicted octanol–water partition coefficient (Wildman–Crippen LogP) is 3.95. The van der Waals surface area contributed by atoms with E-state index < -0.39 is 17.8 Å². The number of hydrogen-bond donors (Lipinski definition) is 1. The third kappa shape index (κ3) is 3.95. The van der Waals surface area contributed by atoms with Crippen LogP contribution in [0.1, 0.15) is 5.56 Å². The Morgan fingerprint density at radius 2 is 1.81 bits per heavy atom. The van der Waals surface area contributed by atoms with Crippen molar-refractivity contribution < 1.29 is 28.6 Å². The minimum absolute atomic E-state index is 0.0383. The van der Waals surface area contributed by atoms with Gasteiger partial charge < -0.3 is 14.2 Å². The Morgan fingerprint density at radius 1 is 1.10 bits per heavy atom. The van der Waals surface area contributed by atoms with Crippen LogP contribution in [0.25, 0.3) is 6.08 Å². The summed E-state index contributed by atoms with van der Waals surface area (Å²) in [4.78, 5) is 38.6. The molecule has 1 saturated heterocycles. The average Bonchev–Trinajstić information content (AvgIpc) is 3.18. The van der Waals surface area contributed by atoms with Crippen molar-refractivity contribution >= 4 is 52.8 Å². The molecular weight excluding hydrogens is 447 g/mol. The molecule has 4 amide bonds. The number of fused-ring (bicyclic) bond motifs is 1. The number of carbonyl (C=O) groups excluding carboxylic acids is 3. The number of amides is 4. The van der Waals surface area contributed by atoms with Crippen molar-refractivity contribution in [2.24, 2.45) is 0 Å². The number of carbonyl (C=O) groups is 3. The number of ether oxygens (including phenoxy) is 3. The second-order valence-corrected chi connectivity index (χ2v) is 7.22. The van der Waals surface area contributed by atoms with Crippen LogP contribution in [0.4, 0.5) is 10.5 Å². The number of hydrogen-bond acceptors (Lipinski definition) is 6. The standard InChI is InChI=1S/C21H14Cl2N2O6/c1-2-5-29-18-14(22)7-11(8-15(18)23)6-13-19(26)24-21(28)25(20(13)27)12-3-4-16-17(9-12)31-10-30-16/h2-4,6-9H,1,5,10H2,(H,24,26,28)/b13-6+. The van der Waals surface area contributed by atoms with Crippen LogP contribution in [-0.2, 0) is 9.59 Å². The summed E-state index contributed by atoms with van der Waals surface area (Å²) in [6, 6.07) is 6.65. The molecule has 8 nitrogen and oxygen atoms in total. The number of urea groups is 1. The number of nitrogens with one attached hydrogen (secondary N) is 1. The Labute approximate surface area is 186 Å². The second-order valence-electron chi connectivity index (χ2n) is 6.41. The summed E-state index contributed by atoms with van der Waals surface area (Å²) in [6.45, 7) is 3.79. The third-order valence-corrected chi connectivity index (χ3v) is 4.95. The van der Waals surface area contributed by atoms with Crippen molar-refractivity contribution in [3.63, 3.8) is 0 Å². The number of nitrogens with zero attached hydrogens (tertiary/aromatic N) is 1. The zero-order chi connectivity index (χ0) is 22.1. The fourth-order valence-corrected chi connectivity index (χ4v) is 3.64. The van der Waals surface area contributed by atoms with E-state index in [1.165, 1.54) is 36.4 Å². The highest BCUT2D eigenvalue weighted by Crippen LogP contribution is 2.37. The first-order chi connectivity index (χ1) is 14.9. The molecule has 0 aliphatic carbocycles. The van der Waals surface area contributed by atoms with Gasteiger partial charge in [-0.1, -0.05) is 35.9 Å². The van der Waals surface area contributed by atoms with Gasteiger partial charge in [-0.15, -0.1) is 0 Å². The number of halogens is 2. The van der Waals surface area contributed by atoms with Crippen LogP contribution in [0.3, 0.4) is 0 Å². The molecular formula is C21H14Cl2N2O6. The number of barbiturate groups is 1. The number of imide groups is 2. The van der Waals surface area contributed by atoms with Crippen LogP contribution in [0.5, 0.6) is 17.2 Å². The van der Waals surface area contributed by atoms with E-state index in [1.54, 1.807) is 6.07 Å². The highest BCUT2D eigenvalue weighted by molar-refractivity contribution is 6.40. The van der Waals surface area contributed by atoms with Crippen molar-refractivity contribution in [1.82, 2.24) is 5.32 Å². The number of benzene rings is 2. The van der Waals surface area contributed by atoms with Crippen LogP contribution in [0, 0.1) is 0 Å². The van der Waals surface area contributed by atoms with Gasteiger partial charge in [0.1, 0.15) is 12.2 Å². The predicted molar refractivity (Wildman–Crippen MR) is 114 cm³/mol. The first-order valence-electron chi connectivity index (χ1n) is 8.93. The fraction of sp³-hybridized carbons (Fsp3) is 0.0952. The Bertz CT molecular complexity index is 1140. The van der Waals surface area contributed by atoms with Gasteiger partial charge in [-0.2, -0.15) is 0 Å². The lowest BCUT2D eigenvalue weighted by Gasteiger charge is -2.26. The molecule has 1 fully saturated rings. The van der Waals surface area contributed by atoms with Crippen molar-refractivity contribution in [3.8, 4) is 17.2 Å². The van der Waals surface area contributed by atoms with Crippen LogP contribution < -0.4 is 24.4 Å². The smallest absolute Gasteiger partial charge is 0.335 e. The SMILES string of the molecule is C=CCOc1c(Cl)cc(/C=C2\C(=O)NC(=O)N(c3ccc4c(c3)OCO4)C2=O)cc1Cl. The molecule has 2 aliphatic rings. The molecule has 0 bridgehead atoms. The Balaban J connectivity index is 1.69. The Kier molecular flexibility index (Phi) is 5.58. The van der Waals surface area contributed by atoms with E-state index in [9.17, 15) is 14.4 Å². The van der Waals surface area contributed by atoms with Crippen LogP contribution in [0.2, 0.25) is 10.0 Å². The molecule has 2 aromatic carbocycles. The number of anilines is 1. The molecule has 2 aliphatic heterocycles. The molecule has 158 valence electrons. The summed E-state index contributed by atoms with van der Waals surface area (Å²) >= 11 is 12.4. The van der Waals surface area contributed by atoms with E-state index >= 15 is 0 Å². The van der Waals surface area contributed by atoms with Crippen molar-refractivity contribution in [2.75, 3.05) is 18.3 Å². The molecule has 2 aromatic rings. The quantitative estimate of drug-likeness (QED) is 0.412. The molecule has 31 heavy (non-hydrogen) atoms. The van der Waals surface area contributed by atoms with Gasteiger partial charge >= 0.3 is 6.03 Å². The summed E-state index contributed by atoms with van der Waals surface area (Å²) in [6.07, 6.45) is 2.83. The van der Waals surface area contributed by atoms with Crippen LogP contribution in [-0.4, -0.2) is 31.2 Å². The van der Waals surface area contributed by atoms with Gasteiger partial charge in [-0.3, -0.25) is 14.9 Å². The Morgan fingerprint density at radius 3 is 2.52 bits per heavy atom. The van der Waals surface area contributed by atoms with E-state index in [1.807, 2.05) is 0 Å². The maximum absolute atomic E-state index is 13.0. The molecule has 0 radical (unpaired) electrons. The largest absolute Gasteiger partial charge is 0.486 e. The molecule has 0 atom stereocenters. The summed E-state index contributed by atoms with van der Waals surface area (Å²) in [5, 5.41) is 2.53. The monoisotopic (exact) mass is 460 g/mol. The van der Waals surface area contributed by atoms with Gasteiger partial charge in [0.2, 0.25) is 6.79 Å². The summed E-state index contributed by atoms with van der Waals surface area (Å²) in [7, 11) is 0. The lowest BCUT2D eigenvalue weighted by atomic mass is 10.1. The topological polar surface area (TPSA) is 94.2 Å². The fourth-order valence-electron chi connectivity index (χ4n) is 3.03. The second kappa shape index (κ2) is 8.33. The maximum atomic E-state index is 13.0. The molecule has 1 N–H and O–H groups in total. The molecule has 0 unspecified atom stereocenters. The van der Waals surface area contributed by atoms with E-state index in [-0.39, 0.29) is 40.5 Å². The van der Waals surface area contributed by atoms with Crippen LogP contribution >= 0.6 is 23.2 Å². The molecule has 4 rings (SSSR count). The highest BCUT2D eigenvalue weighted by Gasteiger charge is 2.37. The lowest BCUT2D eigenvalue weighted by molar-refractivity contribution is -0.122. The lowest BCUT2D eigenvalue weighted by Crippen LogP contribution is -2.54. The zero-order valence-electron chi connectivity index (χ0n) is 15.8. The van der Waals surface area contributed by atoms with E-state index in [0.717, 1.165) is 4.90 Å². The van der Waals surface area contributed by atoms with Gasteiger partial charge in [-0.25, -0.2) is 9.69 Å².